The summed E-state index contributed by atoms with van der Waals surface area (Å²) in [6.45, 7) is 2.44. The molecule has 3 atom stereocenters. The van der Waals surface area contributed by atoms with Crippen molar-refractivity contribution in [2.75, 3.05) is 6.61 Å². The molecule has 0 N–H and O–H groups in total. The molecule has 4 rings (SSSR count). The summed E-state index contributed by atoms with van der Waals surface area (Å²) in [4.78, 5) is 13.5. The molecule has 1 fully saturated rings. The zero-order valence-corrected chi connectivity index (χ0v) is 20.5. The number of nitriles is 1. The molecule has 7 heteroatoms. The fourth-order valence-electron chi connectivity index (χ4n) is 4.09. The summed E-state index contributed by atoms with van der Waals surface area (Å²) >= 11 is 11.8. The van der Waals surface area contributed by atoms with Crippen LogP contribution in [0.5, 0.6) is 17.2 Å². The van der Waals surface area contributed by atoms with Crippen molar-refractivity contribution in [2.45, 2.75) is 24.9 Å². The van der Waals surface area contributed by atoms with E-state index in [-0.39, 0.29) is 10.4 Å². The standard InChI is InChI=1S/C28H23Cl2NO4/c1-2-33-22-13-11-20(12-14-22)28(17-21(28)16-26(29)30)27(32)35-25(18-31)19-7-6-10-24(15-19)34-23-8-4-3-5-9-23/h3-16,21,25H,2,17H2,1H3. The van der Waals surface area contributed by atoms with Crippen molar-refractivity contribution in [3.8, 4) is 23.3 Å². The van der Waals surface area contributed by atoms with Crippen LogP contribution in [0.4, 0.5) is 0 Å². The number of rotatable bonds is 9. The number of hydrogen-bond acceptors (Lipinski definition) is 5. The number of carbonyl (C=O) groups excluding carboxylic acids is 1. The quantitative estimate of drug-likeness (QED) is 0.285. The van der Waals surface area contributed by atoms with Crippen LogP contribution in [0.15, 0.2) is 89.4 Å². The van der Waals surface area contributed by atoms with Gasteiger partial charge in [-0.25, -0.2) is 0 Å². The highest BCUT2D eigenvalue weighted by Gasteiger charge is 2.62. The van der Waals surface area contributed by atoms with Crippen LogP contribution < -0.4 is 9.47 Å². The predicted molar refractivity (Wildman–Crippen MR) is 135 cm³/mol. The molecule has 0 amide bonds. The molecule has 3 aromatic carbocycles. The van der Waals surface area contributed by atoms with Crippen molar-refractivity contribution < 1.29 is 19.0 Å². The van der Waals surface area contributed by atoms with Crippen LogP contribution in [0.25, 0.3) is 0 Å². The van der Waals surface area contributed by atoms with Gasteiger partial charge in [0.15, 0.2) is 0 Å². The summed E-state index contributed by atoms with van der Waals surface area (Å²) < 4.78 is 17.2. The molecule has 0 aliphatic heterocycles. The second-order valence-electron chi connectivity index (χ2n) is 8.10. The summed E-state index contributed by atoms with van der Waals surface area (Å²) in [6, 6.07) is 25.6. The molecule has 178 valence electrons. The molecule has 0 aromatic heterocycles. The maximum absolute atomic E-state index is 13.5. The predicted octanol–water partition coefficient (Wildman–Crippen LogP) is 7.26. The minimum absolute atomic E-state index is 0.0817. The van der Waals surface area contributed by atoms with Crippen LogP contribution in [0.2, 0.25) is 0 Å². The number of halogens is 2. The van der Waals surface area contributed by atoms with E-state index in [1.54, 1.807) is 42.5 Å². The van der Waals surface area contributed by atoms with Gasteiger partial charge in [-0.1, -0.05) is 65.7 Å². The van der Waals surface area contributed by atoms with Crippen LogP contribution in [0.1, 0.15) is 30.6 Å². The number of esters is 1. The lowest BCUT2D eigenvalue weighted by Gasteiger charge is -2.20. The molecule has 3 aromatic rings. The van der Waals surface area contributed by atoms with Gasteiger partial charge in [-0.05, 0) is 61.4 Å². The first-order chi connectivity index (χ1) is 17.0. The van der Waals surface area contributed by atoms with Gasteiger partial charge < -0.3 is 14.2 Å². The van der Waals surface area contributed by atoms with E-state index in [0.29, 0.717) is 35.8 Å². The number of para-hydroxylation sites is 1. The van der Waals surface area contributed by atoms with Crippen molar-refractivity contribution in [1.29, 1.82) is 5.26 Å². The number of nitrogens with zero attached hydrogens (tertiary/aromatic N) is 1. The topological polar surface area (TPSA) is 68.5 Å². The van der Waals surface area contributed by atoms with Gasteiger partial charge in [0.25, 0.3) is 0 Å². The first kappa shape index (κ1) is 24.7. The first-order valence-electron chi connectivity index (χ1n) is 11.2. The zero-order chi connectivity index (χ0) is 24.8. The Balaban J connectivity index is 1.57. The molecule has 0 bridgehead atoms. The Morgan fingerprint density at radius 1 is 1.06 bits per heavy atom. The van der Waals surface area contributed by atoms with E-state index in [2.05, 4.69) is 6.07 Å². The third kappa shape index (κ3) is 5.62. The number of benzene rings is 3. The van der Waals surface area contributed by atoms with Crippen LogP contribution in [-0.2, 0) is 14.9 Å². The molecule has 35 heavy (non-hydrogen) atoms. The number of carbonyl (C=O) groups is 1. The highest BCUT2D eigenvalue weighted by Crippen LogP contribution is 2.57. The third-order valence-corrected chi connectivity index (χ3v) is 6.12. The van der Waals surface area contributed by atoms with Gasteiger partial charge in [-0.2, -0.15) is 5.26 Å². The van der Waals surface area contributed by atoms with Crippen LogP contribution in [0.3, 0.4) is 0 Å². The maximum atomic E-state index is 13.5. The minimum Gasteiger partial charge on any atom is -0.494 e. The molecule has 5 nitrogen and oxygen atoms in total. The fourth-order valence-corrected chi connectivity index (χ4v) is 4.39. The number of hydrogen-bond donors (Lipinski definition) is 0. The van der Waals surface area contributed by atoms with Crippen molar-refractivity contribution in [3.05, 3.63) is 101 Å². The Bertz CT molecular complexity index is 1250. The van der Waals surface area contributed by atoms with Gasteiger partial charge >= 0.3 is 5.97 Å². The molecular weight excluding hydrogens is 485 g/mol. The van der Waals surface area contributed by atoms with Crippen LogP contribution >= 0.6 is 23.2 Å². The normalized spacial score (nSPS) is 19.1. The molecule has 0 heterocycles. The summed E-state index contributed by atoms with van der Waals surface area (Å²) in [7, 11) is 0. The van der Waals surface area contributed by atoms with Crippen molar-refractivity contribution >= 4 is 29.2 Å². The summed E-state index contributed by atoms with van der Waals surface area (Å²) in [5.74, 6) is 1.14. The van der Waals surface area contributed by atoms with Crippen molar-refractivity contribution in [1.82, 2.24) is 0 Å². The first-order valence-corrected chi connectivity index (χ1v) is 11.9. The average molecular weight is 508 g/mol. The molecule has 0 spiro atoms. The summed E-state index contributed by atoms with van der Waals surface area (Å²) in [6.07, 6.45) is 0.993. The Morgan fingerprint density at radius 2 is 1.77 bits per heavy atom. The molecule has 1 aliphatic rings. The van der Waals surface area contributed by atoms with Gasteiger partial charge in [-0.3, -0.25) is 4.79 Å². The second-order valence-corrected chi connectivity index (χ2v) is 9.11. The van der Waals surface area contributed by atoms with E-state index < -0.39 is 17.5 Å². The second kappa shape index (κ2) is 10.9. The lowest BCUT2D eigenvalue weighted by atomic mass is 9.93. The maximum Gasteiger partial charge on any atom is 0.318 e. The molecule has 3 unspecified atom stereocenters. The largest absolute Gasteiger partial charge is 0.494 e. The monoisotopic (exact) mass is 507 g/mol. The van der Waals surface area contributed by atoms with Crippen molar-refractivity contribution in [3.63, 3.8) is 0 Å². The van der Waals surface area contributed by atoms with Gasteiger partial charge in [0, 0.05) is 11.5 Å². The van der Waals surface area contributed by atoms with Crippen LogP contribution in [0, 0.1) is 17.2 Å². The Hall–Kier alpha value is -3.46. The Kier molecular flexibility index (Phi) is 7.65. The van der Waals surface area contributed by atoms with E-state index >= 15 is 0 Å². The van der Waals surface area contributed by atoms with E-state index in [4.69, 9.17) is 37.4 Å². The van der Waals surface area contributed by atoms with E-state index in [9.17, 15) is 10.1 Å². The minimum atomic E-state index is -1.11. The van der Waals surface area contributed by atoms with E-state index in [1.165, 1.54) is 0 Å². The summed E-state index contributed by atoms with van der Waals surface area (Å²) in [5.41, 5.74) is 0.284. The smallest absolute Gasteiger partial charge is 0.318 e. The highest BCUT2D eigenvalue weighted by molar-refractivity contribution is 6.55. The zero-order valence-electron chi connectivity index (χ0n) is 19.0. The Morgan fingerprint density at radius 3 is 2.43 bits per heavy atom. The molecule has 0 saturated heterocycles. The van der Waals surface area contributed by atoms with Crippen molar-refractivity contribution in [2.24, 2.45) is 5.92 Å². The van der Waals surface area contributed by atoms with E-state index in [1.807, 2.05) is 49.4 Å². The van der Waals surface area contributed by atoms with Crippen LogP contribution in [-0.4, -0.2) is 12.6 Å². The Labute approximate surface area is 214 Å². The lowest BCUT2D eigenvalue weighted by Crippen LogP contribution is -2.27. The van der Waals surface area contributed by atoms with E-state index in [0.717, 1.165) is 5.56 Å². The molecule has 0 radical (unpaired) electrons. The lowest BCUT2D eigenvalue weighted by molar-refractivity contribution is -0.150. The molecule has 1 aliphatic carbocycles. The summed E-state index contributed by atoms with van der Waals surface area (Å²) in [5, 5.41) is 9.83. The highest BCUT2D eigenvalue weighted by atomic mass is 35.5. The molecular formula is C28H23Cl2NO4. The van der Waals surface area contributed by atoms with Gasteiger partial charge in [0.1, 0.15) is 27.8 Å². The van der Waals surface area contributed by atoms with Gasteiger partial charge in [-0.15, -0.1) is 0 Å². The third-order valence-electron chi connectivity index (χ3n) is 5.87. The molecule has 1 saturated carbocycles. The average Bonchev–Trinajstić information content (AvgIpc) is 3.58. The van der Waals surface area contributed by atoms with Gasteiger partial charge in [0.2, 0.25) is 6.10 Å². The fraction of sp³-hybridized carbons (Fsp3) is 0.214. The van der Waals surface area contributed by atoms with Gasteiger partial charge in [0.05, 0.1) is 12.0 Å². The number of ether oxygens (including phenoxy) is 3. The SMILES string of the molecule is CCOc1ccc(C2(C(=O)OC(C#N)c3cccc(Oc4ccccc4)c3)CC2C=C(Cl)Cl)cc1. The number of allylic oxidation sites excluding steroid dienone is 1.